The molecule has 1 heterocycles. The van der Waals surface area contributed by atoms with E-state index in [0.717, 1.165) is 5.56 Å². The van der Waals surface area contributed by atoms with Crippen molar-refractivity contribution in [2.75, 3.05) is 19.0 Å². The minimum atomic E-state index is -1.07. The van der Waals surface area contributed by atoms with E-state index in [2.05, 4.69) is 20.8 Å². The van der Waals surface area contributed by atoms with Gasteiger partial charge < -0.3 is 20.1 Å². The number of benzene rings is 3. The summed E-state index contributed by atoms with van der Waals surface area (Å²) in [5, 5.41) is 23.4. The Balaban J connectivity index is 1.55. The molecule has 198 valence electrons. The summed E-state index contributed by atoms with van der Waals surface area (Å²) in [6, 6.07) is 17.9. The highest BCUT2D eigenvalue weighted by Crippen LogP contribution is 2.21. The van der Waals surface area contributed by atoms with E-state index in [0.29, 0.717) is 27.7 Å². The van der Waals surface area contributed by atoms with Gasteiger partial charge in [-0.15, -0.1) is 5.10 Å². The number of rotatable bonds is 10. The molecule has 0 spiro atoms. The van der Waals surface area contributed by atoms with Gasteiger partial charge >= 0.3 is 5.97 Å². The van der Waals surface area contributed by atoms with Crippen molar-refractivity contribution in [1.82, 2.24) is 25.1 Å². The minimum Gasteiger partial charge on any atom is -0.497 e. The van der Waals surface area contributed by atoms with Gasteiger partial charge in [-0.05, 0) is 76.7 Å². The molecule has 0 radical (unpaired) electrons. The van der Waals surface area contributed by atoms with Crippen LogP contribution in [0.4, 0.5) is 5.69 Å². The number of hydrogen-bond acceptors (Lipinski definition) is 7. The first-order chi connectivity index (χ1) is 18.8. The van der Waals surface area contributed by atoms with E-state index in [9.17, 15) is 14.4 Å². The molecule has 4 rings (SSSR count). The fraction of sp³-hybridized carbons (Fsp3) is 0.111. The molecule has 0 saturated carbocycles. The van der Waals surface area contributed by atoms with Crippen molar-refractivity contribution in [3.63, 3.8) is 0 Å². The number of carbonyl (C=O) groups is 3. The number of tetrazole rings is 1. The van der Waals surface area contributed by atoms with E-state index in [-0.39, 0.29) is 18.7 Å². The average molecular weight is 547 g/mol. The van der Waals surface area contributed by atoms with Gasteiger partial charge in [0.05, 0.1) is 18.4 Å². The largest absolute Gasteiger partial charge is 0.497 e. The lowest BCUT2D eigenvalue weighted by atomic mass is 10.1. The molecule has 0 bridgehead atoms. The highest BCUT2D eigenvalue weighted by atomic mass is 35.5. The van der Waals surface area contributed by atoms with Crippen LogP contribution in [0.2, 0.25) is 5.02 Å². The molecule has 2 amide bonds. The molecular weight excluding hydrogens is 524 g/mol. The second kappa shape index (κ2) is 12.5. The van der Waals surface area contributed by atoms with Gasteiger partial charge in [0, 0.05) is 28.9 Å². The predicted octanol–water partition coefficient (Wildman–Crippen LogP) is 3.70. The maximum atomic E-state index is 13.3. The Hall–Kier alpha value is -5.03. The number of carboxylic acid groups (broad SMARTS) is 1. The summed E-state index contributed by atoms with van der Waals surface area (Å²) in [5.41, 5.74) is 2.49. The number of aromatic nitrogens is 4. The number of methoxy groups -OCH3 is 1. The molecule has 0 fully saturated rings. The quantitative estimate of drug-likeness (QED) is 0.287. The number of hydrogen-bond donors (Lipinski definition) is 2. The van der Waals surface area contributed by atoms with E-state index in [4.69, 9.17) is 21.4 Å². The molecule has 0 aliphatic carbocycles. The SMILES string of the molecule is COc1ccc(CN(CC(=O)Nc2ccc(C(=O)O)cc2)C(=O)/C=C/c2cc(Cl)ccc2-n2cnnn2)cc1. The van der Waals surface area contributed by atoms with Crippen molar-refractivity contribution >= 4 is 41.1 Å². The van der Waals surface area contributed by atoms with Gasteiger partial charge in [-0.3, -0.25) is 9.59 Å². The summed E-state index contributed by atoms with van der Waals surface area (Å²) < 4.78 is 6.64. The number of carbonyl (C=O) groups excluding carboxylic acids is 2. The Labute approximate surface area is 228 Å². The number of ether oxygens (including phenoxy) is 1. The number of anilines is 1. The third kappa shape index (κ3) is 7.27. The lowest BCUT2D eigenvalue weighted by molar-refractivity contribution is -0.131. The molecule has 0 aliphatic heterocycles. The first-order valence-corrected chi connectivity index (χ1v) is 12.0. The monoisotopic (exact) mass is 546 g/mol. The summed E-state index contributed by atoms with van der Waals surface area (Å²) in [6.45, 7) is -0.112. The molecule has 0 atom stereocenters. The van der Waals surface area contributed by atoms with Gasteiger partial charge in [0.2, 0.25) is 11.8 Å². The van der Waals surface area contributed by atoms with Crippen molar-refractivity contribution in [2.45, 2.75) is 6.54 Å². The van der Waals surface area contributed by atoms with Crippen LogP contribution in [0.15, 0.2) is 79.1 Å². The third-order valence-corrected chi connectivity index (χ3v) is 5.82. The second-order valence-corrected chi connectivity index (χ2v) is 8.70. The molecule has 11 nitrogen and oxygen atoms in total. The molecule has 0 unspecified atom stereocenters. The normalized spacial score (nSPS) is 10.8. The van der Waals surface area contributed by atoms with Crippen molar-refractivity contribution in [3.05, 3.63) is 101 Å². The van der Waals surface area contributed by atoms with E-state index in [1.807, 2.05) is 0 Å². The number of nitrogens with zero attached hydrogens (tertiary/aromatic N) is 5. The first-order valence-electron chi connectivity index (χ1n) is 11.6. The van der Waals surface area contributed by atoms with Crippen molar-refractivity contribution < 1.29 is 24.2 Å². The van der Waals surface area contributed by atoms with Crippen LogP contribution < -0.4 is 10.1 Å². The third-order valence-electron chi connectivity index (χ3n) is 5.59. The lowest BCUT2D eigenvalue weighted by Gasteiger charge is -2.21. The minimum absolute atomic E-state index is 0.0940. The summed E-state index contributed by atoms with van der Waals surface area (Å²) in [7, 11) is 1.56. The summed E-state index contributed by atoms with van der Waals surface area (Å²) in [5.74, 6) is -1.29. The van der Waals surface area contributed by atoms with Gasteiger partial charge in [-0.25, -0.2) is 4.79 Å². The van der Waals surface area contributed by atoms with E-state index >= 15 is 0 Å². The van der Waals surface area contributed by atoms with Gasteiger partial charge in [-0.2, -0.15) is 4.68 Å². The zero-order chi connectivity index (χ0) is 27.8. The number of nitrogens with one attached hydrogen (secondary N) is 1. The molecular formula is C27H23ClN6O5. The predicted molar refractivity (Wildman–Crippen MR) is 144 cm³/mol. The molecule has 0 saturated heterocycles. The summed E-state index contributed by atoms with van der Waals surface area (Å²) in [4.78, 5) is 38.6. The zero-order valence-electron chi connectivity index (χ0n) is 20.7. The topological polar surface area (TPSA) is 140 Å². The van der Waals surface area contributed by atoms with Gasteiger partial charge in [-0.1, -0.05) is 23.7 Å². The highest BCUT2D eigenvalue weighted by Gasteiger charge is 2.17. The Morgan fingerprint density at radius 3 is 2.46 bits per heavy atom. The van der Waals surface area contributed by atoms with Crippen LogP contribution in [-0.2, 0) is 16.1 Å². The van der Waals surface area contributed by atoms with Crippen LogP contribution >= 0.6 is 11.6 Å². The first kappa shape index (κ1) is 27.0. The Morgan fingerprint density at radius 2 is 1.82 bits per heavy atom. The molecule has 1 aromatic heterocycles. The smallest absolute Gasteiger partial charge is 0.335 e. The highest BCUT2D eigenvalue weighted by molar-refractivity contribution is 6.30. The standard InChI is InChI=1S/C27H23ClN6O5/c1-39-23-10-2-18(3-11-23)15-33(16-25(35)30-22-8-4-19(5-9-22)27(37)38)26(36)13-6-20-14-21(28)7-12-24(20)34-17-29-31-32-34/h2-14,17H,15-16H2,1H3,(H,30,35)(H,37,38)/b13-6+. The summed E-state index contributed by atoms with van der Waals surface area (Å²) >= 11 is 6.18. The maximum Gasteiger partial charge on any atom is 0.335 e. The van der Waals surface area contributed by atoms with Crippen LogP contribution in [0.1, 0.15) is 21.5 Å². The van der Waals surface area contributed by atoms with Crippen LogP contribution in [0.3, 0.4) is 0 Å². The number of carboxylic acids is 1. The van der Waals surface area contributed by atoms with Crippen LogP contribution in [-0.4, -0.2) is 61.7 Å². The molecule has 3 aromatic carbocycles. The van der Waals surface area contributed by atoms with Gasteiger partial charge in [0.15, 0.2) is 0 Å². The van der Waals surface area contributed by atoms with Crippen molar-refractivity contribution in [2.24, 2.45) is 0 Å². The Bertz CT molecular complexity index is 1490. The maximum absolute atomic E-state index is 13.3. The number of aromatic carboxylic acids is 1. The van der Waals surface area contributed by atoms with Gasteiger partial charge in [0.1, 0.15) is 18.6 Å². The van der Waals surface area contributed by atoms with Crippen molar-refractivity contribution in [3.8, 4) is 11.4 Å². The van der Waals surface area contributed by atoms with E-state index in [1.54, 1.807) is 55.7 Å². The van der Waals surface area contributed by atoms with Crippen LogP contribution in [0, 0.1) is 0 Å². The fourth-order valence-electron chi connectivity index (χ4n) is 3.64. The molecule has 4 aromatic rings. The number of amides is 2. The second-order valence-electron chi connectivity index (χ2n) is 8.26. The molecule has 39 heavy (non-hydrogen) atoms. The zero-order valence-corrected chi connectivity index (χ0v) is 21.4. The van der Waals surface area contributed by atoms with E-state index in [1.165, 1.54) is 46.3 Å². The van der Waals surface area contributed by atoms with Gasteiger partial charge in [0.25, 0.3) is 0 Å². The average Bonchev–Trinajstić information content (AvgIpc) is 3.47. The Morgan fingerprint density at radius 1 is 1.08 bits per heavy atom. The van der Waals surface area contributed by atoms with Crippen LogP contribution in [0.25, 0.3) is 11.8 Å². The van der Waals surface area contributed by atoms with Crippen molar-refractivity contribution in [1.29, 1.82) is 0 Å². The van der Waals surface area contributed by atoms with E-state index < -0.39 is 17.8 Å². The molecule has 0 aliphatic rings. The summed E-state index contributed by atoms with van der Waals surface area (Å²) in [6.07, 6.45) is 4.35. The molecule has 2 N–H and O–H groups in total. The van der Waals surface area contributed by atoms with Crippen LogP contribution in [0.5, 0.6) is 5.75 Å². The lowest BCUT2D eigenvalue weighted by Crippen LogP contribution is -2.36. The number of halogens is 1. The Kier molecular flexibility index (Phi) is 8.64. The molecule has 12 heteroatoms. The fourth-order valence-corrected chi connectivity index (χ4v) is 3.82.